The van der Waals surface area contributed by atoms with Gasteiger partial charge in [0.15, 0.2) is 0 Å². The molecule has 19 heavy (non-hydrogen) atoms. The first-order valence-corrected chi connectivity index (χ1v) is 6.66. The summed E-state index contributed by atoms with van der Waals surface area (Å²) in [5, 5.41) is 3.30. The molecule has 6 heteroatoms. The number of anilines is 1. The molecule has 2 heterocycles. The summed E-state index contributed by atoms with van der Waals surface area (Å²) < 4.78 is 5.13. The summed E-state index contributed by atoms with van der Waals surface area (Å²) in [6.45, 7) is 2.12. The van der Waals surface area contributed by atoms with Gasteiger partial charge in [-0.1, -0.05) is 11.6 Å². The van der Waals surface area contributed by atoms with E-state index < -0.39 is 0 Å². The molecule has 2 rings (SSSR count). The number of carbonyl (C=O) groups excluding carboxylic acids is 1. The van der Waals surface area contributed by atoms with Crippen LogP contribution in [0.25, 0.3) is 0 Å². The molecule has 1 atom stereocenters. The van der Waals surface area contributed by atoms with Gasteiger partial charge in [-0.05, 0) is 18.6 Å². The first-order valence-electron chi connectivity index (χ1n) is 6.28. The van der Waals surface area contributed by atoms with Crippen LogP contribution in [0.2, 0.25) is 5.02 Å². The second kappa shape index (κ2) is 6.21. The highest BCUT2D eigenvalue weighted by atomic mass is 35.5. The maximum atomic E-state index is 12.4. The van der Waals surface area contributed by atoms with Gasteiger partial charge in [-0.25, -0.2) is 4.98 Å². The lowest BCUT2D eigenvalue weighted by Gasteiger charge is -2.17. The minimum Gasteiger partial charge on any atom is -0.384 e. The van der Waals surface area contributed by atoms with Crippen molar-refractivity contribution in [2.45, 2.75) is 6.42 Å². The van der Waals surface area contributed by atoms with E-state index in [2.05, 4.69) is 10.3 Å². The Labute approximate surface area is 117 Å². The van der Waals surface area contributed by atoms with Gasteiger partial charge in [0.2, 0.25) is 0 Å². The molecular weight excluding hydrogens is 266 g/mol. The molecule has 0 aliphatic carbocycles. The fraction of sp³-hybridized carbons (Fsp3) is 0.538. The number of hydrogen-bond acceptors (Lipinski definition) is 4. The number of nitrogens with one attached hydrogen (secondary N) is 1. The number of methoxy groups -OCH3 is 1. The van der Waals surface area contributed by atoms with Gasteiger partial charge in [-0.2, -0.15) is 0 Å². The molecule has 5 nitrogen and oxygen atoms in total. The SMILES string of the molecule is CNc1ccc(Cl)c(C(=O)N2CCC(COC)C2)n1. The van der Waals surface area contributed by atoms with E-state index in [0.29, 0.717) is 35.6 Å². The van der Waals surface area contributed by atoms with Crippen LogP contribution in [0.3, 0.4) is 0 Å². The van der Waals surface area contributed by atoms with Gasteiger partial charge in [0.25, 0.3) is 5.91 Å². The van der Waals surface area contributed by atoms with Crippen LogP contribution in [0.5, 0.6) is 0 Å². The van der Waals surface area contributed by atoms with E-state index in [4.69, 9.17) is 16.3 Å². The van der Waals surface area contributed by atoms with Crippen molar-refractivity contribution in [2.24, 2.45) is 5.92 Å². The number of halogens is 1. The Morgan fingerprint density at radius 2 is 2.42 bits per heavy atom. The maximum absolute atomic E-state index is 12.4. The third-order valence-electron chi connectivity index (χ3n) is 3.28. The highest BCUT2D eigenvalue weighted by molar-refractivity contribution is 6.33. The molecule has 1 aromatic rings. The van der Waals surface area contributed by atoms with Crippen molar-refractivity contribution < 1.29 is 9.53 Å². The van der Waals surface area contributed by atoms with Crippen LogP contribution in [0, 0.1) is 5.92 Å². The molecule has 0 bridgehead atoms. The molecule has 0 saturated carbocycles. The number of nitrogens with zero attached hydrogens (tertiary/aromatic N) is 2. The van der Waals surface area contributed by atoms with Gasteiger partial charge in [-0.15, -0.1) is 0 Å². The molecular formula is C13H18ClN3O2. The molecule has 1 N–H and O–H groups in total. The van der Waals surface area contributed by atoms with E-state index in [0.717, 1.165) is 13.0 Å². The molecule has 0 spiro atoms. The summed E-state index contributed by atoms with van der Waals surface area (Å²) in [5.74, 6) is 0.932. The van der Waals surface area contributed by atoms with Crippen molar-refractivity contribution in [1.29, 1.82) is 0 Å². The van der Waals surface area contributed by atoms with Crippen molar-refractivity contribution >= 4 is 23.3 Å². The Kier molecular flexibility index (Phi) is 4.61. The highest BCUT2D eigenvalue weighted by Crippen LogP contribution is 2.22. The molecule has 0 aromatic carbocycles. The summed E-state index contributed by atoms with van der Waals surface area (Å²) in [6, 6.07) is 3.44. The summed E-state index contributed by atoms with van der Waals surface area (Å²) in [5.41, 5.74) is 0.312. The van der Waals surface area contributed by atoms with Crippen LogP contribution in [0.4, 0.5) is 5.82 Å². The number of ether oxygens (including phenoxy) is 1. The Hall–Kier alpha value is -1.33. The molecule has 1 aliphatic rings. The molecule has 1 fully saturated rings. The number of carbonyl (C=O) groups is 1. The quantitative estimate of drug-likeness (QED) is 0.917. The lowest BCUT2D eigenvalue weighted by molar-refractivity contribution is 0.0770. The Balaban J connectivity index is 2.12. The number of likely N-dealkylation sites (tertiary alicyclic amines) is 1. The molecule has 1 amide bonds. The lowest BCUT2D eigenvalue weighted by atomic mass is 10.1. The van der Waals surface area contributed by atoms with Crippen LogP contribution in [0.15, 0.2) is 12.1 Å². The Morgan fingerprint density at radius 1 is 1.63 bits per heavy atom. The molecule has 104 valence electrons. The summed E-state index contributed by atoms with van der Waals surface area (Å²) >= 11 is 6.06. The van der Waals surface area contributed by atoms with Crippen LogP contribution >= 0.6 is 11.6 Å². The van der Waals surface area contributed by atoms with E-state index >= 15 is 0 Å². The summed E-state index contributed by atoms with van der Waals surface area (Å²) in [7, 11) is 3.44. The predicted octanol–water partition coefficient (Wildman–Crippen LogP) is 1.89. The summed E-state index contributed by atoms with van der Waals surface area (Å²) in [4.78, 5) is 18.4. The second-order valence-corrected chi connectivity index (χ2v) is 5.05. The zero-order valence-corrected chi connectivity index (χ0v) is 11.9. The van der Waals surface area contributed by atoms with Gasteiger partial charge in [-0.3, -0.25) is 4.79 Å². The van der Waals surface area contributed by atoms with Gasteiger partial charge in [0.05, 0.1) is 11.6 Å². The third kappa shape index (κ3) is 3.16. The zero-order valence-electron chi connectivity index (χ0n) is 11.1. The van der Waals surface area contributed by atoms with E-state index in [1.807, 2.05) is 0 Å². The average molecular weight is 284 g/mol. The van der Waals surface area contributed by atoms with Crippen LogP contribution in [-0.2, 0) is 4.74 Å². The molecule has 1 aromatic heterocycles. The van der Waals surface area contributed by atoms with Crippen molar-refractivity contribution in [3.63, 3.8) is 0 Å². The fourth-order valence-electron chi connectivity index (χ4n) is 2.27. The topological polar surface area (TPSA) is 54.5 Å². The highest BCUT2D eigenvalue weighted by Gasteiger charge is 2.28. The predicted molar refractivity (Wildman–Crippen MR) is 74.7 cm³/mol. The first kappa shape index (κ1) is 14.1. The number of hydrogen-bond donors (Lipinski definition) is 1. The van der Waals surface area contributed by atoms with Crippen LogP contribution < -0.4 is 5.32 Å². The first-order chi connectivity index (χ1) is 9.15. The smallest absolute Gasteiger partial charge is 0.274 e. The number of aromatic nitrogens is 1. The third-order valence-corrected chi connectivity index (χ3v) is 3.59. The second-order valence-electron chi connectivity index (χ2n) is 4.64. The Morgan fingerprint density at radius 3 is 3.11 bits per heavy atom. The van der Waals surface area contributed by atoms with Gasteiger partial charge in [0, 0.05) is 33.2 Å². The summed E-state index contributed by atoms with van der Waals surface area (Å²) in [6.07, 6.45) is 0.961. The van der Waals surface area contributed by atoms with E-state index in [9.17, 15) is 4.79 Å². The Bertz CT molecular complexity index is 467. The maximum Gasteiger partial charge on any atom is 0.274 e. The monoisotopic (exact) mass is 283 g/mol. The minimum atomic E-state index is -0.110. The zero-order chi connectivity index (χ0) is 13.8. The van der Waals surface area contributed by atoms with Crippen molar-refractivity contribution in [2.75, 3.05) is 39.2 Å². The average Bonchev–Trinajstić information content (AvgIpc) is 2.88. The number of pyridine rings is 1. The van der Waals surface area contributed by atoms with E-state index in [1.54, 1.807) is 31.2 Å². The number of rotatable bonds is 4. The van der Waals surface area contributed by atoms with Gasteiger partial charge >= 0.3 is 0 Å². The largest absolute Gasteiger partial charge is 0.384 e. The van der Waals surface area contributed by atoms with E-state index in [1.165, 1.54) is 0 Å². The number of amides is 1. The molecule has 1 aliphatic heterocycles. The van der Waals surface area contributed by atoms with Crippen molar-refractivity contribution in [1.82, 2.24) is 9.88 Å². The fourth-order valence-corrected chi connectivity index (χ4v) is 2.46. The van der Waals surface area contributed by atoms with Gasteiger partial charge < -0.3 is 15.0 Å². The van der Waals surface area contributed by atoms with Crippen molar-refractivity contribution in [3.05, 3.63) is 22.8 Å². The minimum absolute atomic E-state index is 0.110. The van der Waals surface area contributed by atoms with E-state index in [-0.39, 0.29) is 5.91 Å². The normalized spacial score (nSPS) is 18.7. The van der Waals surface area contributed by atoms with Crippen LogP contribution in [0.1, 0.15) is 16.9 Å². The molecule has 0 radical (unpaired) electrons. The standard InChI is InChI=1S/C13H18ClN3O2/c1-15-11-4-3-10(14)12(16-11)13(18)17-6-5-9(7-17)8-19-2/h3-4,9H,5-8H2,1-2H3,(H,15,16). The van der Waals surface area contributed by atoms with Crippen molar-refractivity contribution in [3.8, 4) is 0 Å². The van der Waals surface area contributed by atoms with Gasteiger partial charge in [0.1, 0.15) is 11.5 Å². The van der Waals surface area contributed by atoms with Crippen LogP contribution in [-0.4, -0.2) is 49.6 Å². The molecule has 1 saturated heterocycles. The molecule has 1 unspecified atom stereocenters. The lowest BCUT2D eigenvalue weighted by Crippen LogP contribution is -2.30.